The molecule has 3 rings (SSSR count). The topological polar surface area (TPSA) is 127 Å². The molecule has 0 aliphatic heterocycles. The molecule has 0 atom stereocenters. The lowest BCUT2D eigenvalue weighted by molar-refractivity contribution is 0.0951. The molecule has 9 nitrogen and oxygen atoms in total. The number of hydrogen-bond acceptors (Lipinski definition) is 6. The van der Waals surface area contributed by atoms with E-state index in [2.05, 4.69) is 20.5 Å². The number of aromatic nitrogens is 3. The minimum Gasteiger partial charge on any atom is -0.348 e. The van der Waals surface area contributed by atoms with Crippen molar-refractivity contribution >= 4 is 23.3 Å². The Kier molecular flexibility index (Phi) is 7.45. The smallest absolute Gasteiger partial charge is 0.251 e. The number of hydrogen-bond donors (Lipinski definition) is 3. The lowest BCUT2D eigenvalue weighted by Gasteiger charge is -2.22. The Hall–Kier alpha value is -3.43. The second kappa shape index (κ2) is 10.3. The number of rotatable bonds is 7. The van der Waals surface area contributed by atoms with E-state index in [4.69, 9.17) is 23.3 Å². The van der Waals surface area contributed by atoms with E-state index in [-0.39, 0.29) is 12.5 Å². The standard InChI is InChI=1S/C22H27ClN8O/c1-14(2)11-30(25)21(29-24)16-6-15(3)7-17(8-16)22(32)27-10-18-9-19(23)4-5-20(18)31-13-26-12-28-31/h4-9,12-14H,10-11,24-25H2,1-3H3,(H,27,32)/b29-21-. The normalized spacial score (nSPS) is 11.6. The fourth-order valence-corrected chi connectivity index (χ4v) is 3.56. The molecule has 1 heterocycles. The van der Waals surface area contributed by atoms with Crippen molar-refractivity contribution in [3.05, 3.63) is 76.3 Å². The SMILES string of the molecule is Cc1cc(C(=O)NCc2cc(Cl)ccc2-n2cncn2)cc(/C(=N/N)N(N)CC(C)C)c1. The Morgan fingerprint density at radius 3 is 2.66 bits per heavy atom. The maximum atomic E-state index is 13.0. The van der Waals surface area contributed by atoms with Crippen LogP contribution in [0.4, 0.5) is 0 Å². The van der Waals surface area contributed by atoms with Gasteiger partial charge in [0.2, 0.25) is 0 Å². The number of amidine groups is 1. The number of nitrogens with zero attached hydrogens (tertiary/aromatic N) is 5. The van der Waals surface area contributed by atoms with E-state index in [1.165, 1.54) is 11.3 Å². The summed E-state index contributed by atoms with van der Waals surface area (Å²) in [5.41, 5.74) is 3.62. The van der Waals surface area contributed by atoms with Crippen molar-refractivity contribution in [2.75, 3.05) is 6.54 Å². The van der Waals surface area contributed by atoms with E-state index in [1.807, 2.05) is 32.9 Å². The minimum atomic E-state index is -0.247. The van der Waals surface area contributed by atoms with E-state index >= 15 is 0 Å². The highest BCUT2D eigenvalue weighted by molar-refractivity contribution is 6.30. The van der Waals surface area contributed by atoms with E-state index in [0.29, 0.717) is 34.4 Å². The average Bonchev–Trinajstić information content (AvgIpc) is 3.26. The molecule has 0 radical (unpaired) electrons. The van der Waals surface area contributed by atoms with Crippen molar-refractivity contribution in [1.29, 1.82) is 0 Å². The molecule has 5 N–H and O–H groups in total. The summed E-state index contributed by atoms with van der Waals surface area (Å²) < 4.78 is 1.62. The van der Waals surface area contributed by atoms with Gasteiger partial charge in [0.1, 0.15) is 12.7 Å². The Morgan fingerprint density at radius 2 is 2.00 bits per heavy atom. The summed E-state index contributed by atoms with van der Waals surface area (Å²) in [5.74, 6) is 12.2. The molecule has 3 aromatic rings. The van der Waals surface area contributed by atoms with Gasteiger partial charge in [0, 0.05) is 29.2 Å². The summed E-state index contributed by atoms with van der Waals surface area (Å²) in [6.07, 6.45) is 3.03. The number of hydrazone groups is 1. The second-order valence-corrected chi connectivity index (χ2v) is 8.32. The van der Waals surface area contributed by atoms with Gasteiger partial charge in [-0.1, -0.05) is 25.4 Å². The number of aryl methyl sites for hydroxylation is 1. The minimum absolute atomic E-state index is 0.247. The van der Waals surface area contributed by atoms with Crippen LogP contribution in [-0.4, -0.2) is 38.1 Å². The van der Waals surface area contributed by atoms with Crippen LogP contribution in [0.3, 0.4) is 0 Å². The average molecular weight is 455 g/mol. The molecule has 2 aromatic carbocycles. The van der Waals surface area contributed by atoms with E-state index in [0.717, 1.165) is 16.8 Å². The Bertz CT molecular complexity index is 1110. The molecule has 10 heteroatoms. The van der Waals surface area contributed by atoms with Crippen LogP contribution in [0.1, 0.15) is 40.9 Å². The largest absolute Gasteiger partial charge is 0.348 e. The van der Waals surface area contributed by atoms with Gasteiger partial charge in [-0.05, 0) is 60.4 Å². The van der Waals surface area contributed by atoms with Gasteiger partial charge >= 0.3 is 0 Å². The van der Waals surface area contributed by atoms with Crippen LogP contribution in [0.2, 0.25) is 5.02 Å². The predicted molar refractivity (Wildman–Crippen MR) is 125 cm³/mol. The van der Waals surface area contributed by atoms with Gasteiger partial charge in [-0.3, -0.25) is 9.80 Å². The highest BCUT2D eigenvalue weighted by Gasteiger charge is 2.16. The summed E-state index contributed by atoms with van der Waals surface area (Å²) >= 11 is 6.17. The monoisotopic (exact) mass is 454 g/mol. The van der Waals surface area contributed by atoms with Crippen LogP contribution in [0, 0.1) is 12.8 Å². The maximum Gasteiger partial charge on any atom is 0.251 e. The highest BCUT2D eigenvalue weighted by Crippen LogP contribution is 2.19. The third-order valence-electron chi connectivity index (χ3n) is 4.70. The van der Waals surface area contributed by atoms with Gasteiger partial charge in [-0.15, -0.1) is 0 Å². The summed E-state index contributed by atoms with van der Waals surface area (Å²) in [7, 11) is 0. The lowest BCUT2D eigenvalue weighted by Crippen LogP contribution is -2.41. The van der Waals surface area contributed by atoms with Crippen molar-refractivity contribution in [1.82, 2.24) is 25.1 Å². The first-order chi connectivity index (χ1) is 15.3. The Balaban J connectivity index is 1.82. The number of carbonyl (C=O) groups is 1. The molecule has 0 fully saturated rings. The van der Waals surface area contributed by atoms with E-state index < -0.39 is 0 Å². The molecule has 0 aliphatic rings. The number of carbonyl (C=O) groups excluding carboxylic acids is 1. The maximum absolute atomic E-state index is 13.0. The van der Waals surface area contributed by atoms with Gasteiger partial charge < -0.3 is 11.2 Å². The van der Waals surface area contributed by atoms with Crippen molar-refractivity contribution in [2.45, 2.75) is 27.3 Å². The van der Waals surface area contributed by atoms with E-state index in [1.54, 1.807) is 35.3 Å². The molecule has 0 unspecified atom stereocenters. The van der Waals surface area contributed by atoms with E-state index in [9.17, 15) is 4.79 Å². The van der Waals surface area contributed by atoms with Crippen LogP contribution in [0.15, 0.2) is 54.2 Å². The van der Waals surface area contributed by atoms with Gasteiger partial charge in [-0.2, -0.15) is 10.2 Å². The zero-order valence-electron chi connectivity index (χ0n) is 18.3. The van der Waals surface area contributed by atoms with Crippen LogP contribution in [-0.2, 0) is 6.54 Å². The molecule has 0 saturated heterocycles. The Labute approximate surface area is 192 Å². The van der Waals surface area contributed by atoms with Crippen molar-refractivity contribution in [2.24, 2.45) is 22.7 Å². The van der Waals surface area contributed by atoms with Gasteiger partial charge in [0.25, 0.3) is 5.91 Å². The molecule has 32 heavy (non-hydrogen) atoms. The first-order valence-electron chi connectivity index (χ1n) is 10.1. The predicted octanol–water partition coefficient (Wildman–Crippen LogP) is 2.61. The van der Waals surface area contributed by atoms with Crippen molar-refractivity contribution in [3.63, 3.8) is 0 Å². The molecule has 0 saturated carbocycles. The second-order valence-electron chi connectivity index (χ2n) is 7.88. The third kappa shape index (κ3) is 5.63. The highest BCUT2D eigenvalue weighted by atomic mass is 35.5. The molecular formula is C22H27ClN8O. The van der Waals surface area contributed by atoms with Crippen LogP contribution >= 0.6 is 11.6 Å². The Morgan fingerprint density at radius 1 is 1.25 bits per heavy atom. The lowest BCUT2D eigenvalue weighted by atomic mass is 10.0. The van der Waals surface area contributed by atoms with Crippen molar-refractivity contribution in [3.8, 4) is 5.69 Å². The van der Waals surface area contributed by atoms with Gasteiger partial charge in [0.15, 0.2) is 5.84 Å². The number of hydrazine groups is 1. The summed E-state index contributed by atoms with van der Waals surface area (Å²) in [6.45, 7) is 6.83. The zero-order chi connectivity index (χ0) is 23.3. The first-order valence-corrected chi connectivity index (χ1v) is 10.5. The summed E-state index contributed by atoms with van der Waals surface area (Å²) in [4.78, 5) is 16.9. The number of halogens is 1. The fraction of sp³-hybridized carbons (Fsp3) is 0.273. The molecule has 0 bridgehead atoms. The molecule has 1 amide bonds. The number of benzene rings is 2. The molecule has 168 valence electrons. The first kappa shape index (κ1) is 23.2. The third-order valence-corrected chi connectivity index (χ3v) is 4.94. The molecular weight excluding hydrogens is 428 g/mol. The van der Waals surface area contributed by atoms with Gasteiger partial charge in [0.05, 0.1) is 5.69 Å². The molecule has 0 spiro atoms. The summed E-state index contributed by atoms with van der Waals surface area (Å²) in [5, 5.41) is 13.0. The fourth-order valence-electron chi connectivity index (χ4n) is 3.37. The molecule has 1 aromatic heterocycles. The van der Waals surface area contributed by atoms with Gasteiger partial charge in [-0.25, -0.2) is 15.5 Å². The number of amides is 1. The number of nitrogens with one attached hydrogen (secondary N) is 1. The van der Waals surface area contributed by atoms with Crippen LogP contribution in [0.25, 0.3) is 5.69 Å². The zero-order valence-corrected chi connectivity index (χ0v) is 19.0. The van der Waals surface area contributed by atoms with Crippen LogP contribution < -0.4 is 17.0 Å². The number of nitrogens with two attached hydrogens (primary N) is 2. The van der Waals surface area contributed by atoms with Crippen molar-refractivity contribution < 1.29 is 4.79 Å². The quantitative estimate of drug-likeness (QED) is 0.218. The molecule has 0 aliphatic carbocycles. The van der Waals surface area contributed by atoms with Crippen LogP contribution in [0.5, 0.6) is 0 Å². The summed E-state index contributed by atoms with van der Waals surface area (Å²) in [6, 6.07) is 10.8.